The third-order valence-electron chi connectivity index (χ3n) is 3.64. The van der Waals surface area contributed by atoms with Crippen molar-refractivity contribution < 1.29 is 9.53 Å². The van der Waals surface area contributed by atoms with E-state index in [0.717, 1.165) is 17.7 Å². The third kappa shape index (κ3) is 1.92. The quantitative estimate of drug-likeness (QED) is 0.781. The molecular formula is C14H14INO2. The van der Waals surface area contributed by atoms with E-state index in [2.05, 4.69) is 28.7 Å². The summed E-state index contributed by atoms with van der Waals surface area (Å²) in [5.41, 5.74) is 1.15. The molecule has 0 N–H and O–H groups in total. The van der Waals surface area contributed by atoms with E-state index in [9.17, 15) is 4.79 Å². The number of hydrogen-bond donors (Lipinski definition) is 0. The molecule has 3 nitrogen and oxygen atoms in total. The van der Waals surface area contributed by atoms with Crippen LogP contribution in [0.2, 0.25) is 0 Å². The zero-order valence-electron chi connectivity index (χ0n) is 10.1. The minimum atomic E-state index is 0.125. The van der Waals surface area contributed by atoms with Crippen molar-refractivity contribution in [3.8, 4) is 5.75 Å². The predicted molar refractivity (Wildman–Crippen MR) is 77.5 cm³/mol. The molecule has 18 heavy (non-hydrogen) atoms. The van der Waals surface area contributed by atoms with Crippen LogP contribution in [-0.2, 0) is 11.3 Å². The molecule has 1 amide bonds. The zero-order chi connectivity index (χ0) is 12.7. The van der Waals surface area contributed by atoms with Crippen LogP contribution in [-0.4, -0.2) is 24.0 Å². The van der Waals surface area contributed by atoms with E-state index in [0.29, 0.717) is 12.6 Å². The summed E-state index contributed by atoms with van der Waals surface area (Å²) in [5, 5.41) is 0. The summed E-state index contributed by atoms with van der Waals surface area (Å²) in [6.07, 6.45) is 3.07. The van der Waals surface area contributed by atoms with Crippen molar-refractivity contribution >= 4 is 28.5 Å². The standard InChI is InChI=1S/C14H14INO2/c1-18-11-4-2-9(3-5-11)8-16-13-7-10(14(16)17)6-12(13)15/h2-6,10,13H,7-8H2,1H3/t10-,13-/m0/s1. The van der Waals surface area contributed by atoms with E-state index in [4.69, 9.17) is 4.74 Å². The number of rotatable bonds is 3. The summed E-state index contributed by atoms with van der Waals surface area (Å²) in [6.45, 7) is 0.699. The molecule has 94 valence electrons. The highest BCUT2D eigenvalue weighted by Crippen LogP contribution is 2.41. The van der Waals surface area contributed by atoms with Crippen molar-refractivity contribution in [3.63, 3.8) is 0 Å². The van der Waals surface area contributed by atoms with Gasteiger partial charge in [-0.05, 0) is 46.7 Å². The monoisotopic (exact) mass is 355 g/mol. The molecule has 2 aliphatic rings. The summed E-state index contributed by atoms with van der Waals surface area (Å²) in [5.74, 6) is 1.25. The Bertz CT molecular complexity index is 509. The fourth-order valence-corrected chi connectivity index (χ4v) is 3.68. The molecule has 0 unspecified atom stereocenters. The predicted octanol–water partition coefficient (Wildman–Crippen LogP) is 2.74. The number of benzene rings is 1. The number of carbonyl (C=O) groups is 1. The highest BCUT2D eigenvalue weighted by Gasteiger charge is 2.44. The first-order chi connectivity index (χ1) is 8.69. The molecule has 1 fully saturated rings. The number of hydrogen-bond acceptors (Lipinski definition) is 2. The summed E-state index contributed by atoms with van der Waals surface area (Å²) in [6, 6.07) is 8.23. The summed E-state index contributed by atoms with van der Waals surface area (Å²) in [7, 11) is 1.66. The number of likely N-dealkylation sites (tertiary alicyclic amines) is 1. The van der Waals surface area contributed by atoms with E-state index in [1.165, 1.54) is 3.58 Å². The van der Waals surface area contributed by atoms with E-state index in [1.54, 1.807) is 7.11 Å². The first-order valence-corrected chi connectivity index (χ1v) is 7.07. The lowest BCUT2D eigenvalue weighted by Gasteiger charge is -2.26. The highest BCUT2D eigenvalue weighted by atomic mass is 127. The molecule has 3 rings (SSSR count). The molecule has 0 radical (unpaired) electrons. The Morgan fingerprint density at radius 1 is 1.39 bits per heavy atom. The van der Waals surface area contributed by atoms with E-state index in [-0.39, 0.29) is 11.8 Å². The number of methoxy groups -OCH3 is 1. The van der Waals surface area contributed by atoms with Gasteiger partial charge in [0.15, 0.2) is 0 Å². The van der Waals surface area contributed by atoms with Gasteiger partial charge in [0.25, 0.3) is 0 Å². The average molecular weight is 355 g/mol. The van der Waals surface area contributed by atoms with Gasteiger partial charge in [0, 0.05) is 10.1 Å². The largest absolute Gasteiger partial charge is 0.497 e. The lowest BCUT2D eigenvalue weighted by Crippen LogP contribution is -2.35. The molecule has 4 heteroatoms. The summed E-state index contributed by atoms with van der Waals surface area (Å²) >= 11 is 2.35. The molecule has 1 aliphatic carbocycles. The molecular weight excluding hydrogens is 341 g/mol. The Balaban J connectivity index is 1.77. The minimum absolute atomic E-state index is 0.125. The third-order valence-corrected chi connectivity index (χ3v) is 4.72. The van der Waals surface area contributed by atoms with Gasteiger partial charge in [0.1, 0.15) is 5.75 Å². The molecule has 1 heterocycles. The average Bonchev–Trinajstić information content (AvgIpc) is 2.89. The van der Waals surface area contributed by atoms with Crippen molar-refractivity contribution in [2.75, 3.05) is 7.11 Å². The highest BCUT2D eigenvalue weighted by molar-refractivity contribution is 14.1. The van der Waals surface area contributed by atoms with Gasteiger partial charge >= 0.3 is 0 Å². The lowest BCUT2D eigenvalue weighted by atomic mass is 10.1. The maximum atomic E-state index is 12.1. The Labute approximate surface area is 120 Å². The maximum absolute atomic E-state index is 12.1. The lowest BCUT2D eigenvalue weighted by molar-refractivity contribution is -0.131. The fourth-order valence-electron chi connectivity index (χ4n) is 2.65. The molecule has 2 atom stereocenters. The Kier molecular flexibility index (Phi) is 3.05. The second-order valence-electron chi connectivity index (χ2n) is 4.72. The Morgan fingerprint density at radius 2 is 2.11 bits per heavy atom. The van der Waals surface area contributed by atoms with Crippen molar-refractivity contribution in [2.24, 2.45) is 5.92 Å². The summed E-state index contributed by atoms with van der Waals surface area (Å²) < 4.78 is 6.45. The molecule has 0 spiro atoms. The second kappa shape index (κ2) is 4.57. The van der Waals surface area contributed by atoms with Crippen LogP contribution < -0.4 is 4.74 Å². The molecule has 0 saturated carbocycles. The van der Waals surface area contributed by atoms with Gasteiger partial charge < -0.3 is 9.64 Å². The van der Waals surface area contributed by atoms with Crippen LogP contribution in [0.5, 0.6) is 5.75 Å². The number of amides is 1. The van der Waals surface area contributed by atoms with Gasteiger partial charge in [-0.1, -0.05) is 18.2 Å². The normalized spacial score (nSPS) is 25.6. The van der Waals surface area contributed by atoms with Gasteiger partial charge in [0.2, 0.25) is 5.91 Å². The Hall–Kier alpha value is -1.04. The SMILES string of the molecule is COc1ccc(CN2C(=O)[C@H]3C=C(I)[C@@H]2C3)cc1. The van der Waals surface area contributed by atoms with Gasteiger partial charge in [-0.3, -0.25) is 4.79 Å². The van der Waals surface area contributed by atoms with Crippen molar-refractivity contribution in [1.29, 1.82) is 0 Å². The zero-order valence-corrected chi connectivity index (χ0v) is 12.3. The van der Waals surface area contributed by atoms with Crippen LogP contribution in [0.25, 0.3) is 0 Å². The Morgan fingerprint density at radius 3 is 2.72 bits per heavy atom. The molecule has 1 aromatic rings. The maximum Gasteiger partial charge on any atom is 0.230 e. The van der Waals surface area contributed by atoms with Crippen LogP contribution in [0.1, 0.15) is 12.0 Å². The minimum Gasteiger partial charge on any atom is -0.497 e. The van der Waals surface area contributed by atoms with Crippen LogP contribution in [0.3, 0.4) is 0 Å². The van der Waals surface area contributed by atoms with Crippen LogP contribution >= 0.6 is 22.6 Å². The number of fused-ring (bicyclic) bond motifs is 2. The number of ether oxygens (including phenoxy) is 1. The van der Waals surface area contributed by atoms with Crippen molar-refractivity contribution in [1.82, 2.24) is 4.90 Å². The van der Waals surface area contributed by atoms with Gasteiger partial charge in [-0.2, -0.15) is 0 Å². The van der Waals surface area contributed by atoms with E-state index in [1.807, 2.05) is 29.2 Å². The van der Waals surface area contributed by atoms with Gasteiger partial charge in [-0.15, -0.1) is 0 Å². The summed E-state index contributed by atoms with van der Waals surface area (Å²) in [4.78, 5) is 14.1. The molecule has 1 saturated heterocycles. The number of carbonyl (C=O) groups excluding carboxylic acids is 1. The first-order valence-electron chi connectivity index (χ1n) is 5.99. The van der Waals surface area contributed by atoms with E-state index < -0.39 is 0 Å². The van der Waals surface area contributed by atoms with Crippen molar-refractivity contribution in [3.05, 3.63) is 39.5 Å². The van der Waals surface area contributed by atoms with Crippen LogP contribution in [0.4, 0.5) is 0 Å². The van der Waals surface area contributed by atoms with Crippen molar-refractivity contribution in [2.45, 2.75) is 19.0 Å². The molecule has 1 aromatic carbocycles. The molecule has 2 bridgehead atoms. The smallest absolute Gasteiger partial charge is 0.230 e. The van der Waals surface area contributed by atoms with Crippen LogP contribution in [0, 0.1) is 5.92 Å². The van der Waals surface area contributed by atoms with Crippen LogP contribution in [0.15, 0.2) is 33.9 Å². The number of nitrogens with zero attached hydrogens (tertiary/aromatic N) is 1. The van der Waals surface area contributed by atoms with E-state index >= 15 is 0 Å². The fraction of sp³-hybridized carbons (Fsp3) is 0.357. The first kappa shape index (κ1) is 12.0. The second-order valence-corrected chi connectivity index (χ2v) is 5.97. The number of halogens is 1. The van der Waals surface area contributed by atoms with Gasteiger partial charge in [0.05, 0.1) is 19.1 Å². The molecule has 1 aliphatic heterocycles. The van der Waals surface area contributed by atoms with Gasteiger partial charge in [-0.25, -0.2) is 0 Å². The molecule has 0 aromatic heterocycles. The topological polar surface area (TPSA) is 29.5 Å².